The summed E-state index contributed by atoms with van der Waals surface area (Å²) in [5.41, 5.74) is 0. The molecule has 3 heteroatoms. The molecule has 0 bridgehead atoms. The van der Waals surface area contributed by atoms with Crippen LogP contribution in [0.5, 0.6) is 0 Å². The Hall–Kier alpha value is -0.860. The summed E-state index contributed by atoms with van der Waals surface area (Å²) < 4.78 is 4.48. The summed E-state index contributed by atoms with van der Waals surface area (Å²) in [6.45, 7) is 2.01. The molecule has 3 nitrogen and oxygen atoms in total. The first kappa shape index (κ1) is 11.1. The maximum absolute atomic E-state index is 10.7. The van der Waals surface area contributed by atoms with Crippen LogP contribution in [-0.4, -0.2) is 19.4 Å². The van der Waals surface area contributed by atoms with E-state index in [9.17, 15) is 9.59 Å². The second kappa shape index (κ2) is 6.83. The molecule has 0 amide bonds. The Morgan fingerprint density at radius 3 is 2.75 bits per heavy atom. The lowest BCUT2D eigenvalue weighted by molar-refractivity contribution is -0.140. The van der Waals surface area contributed by atoms with Crippen molar-refractivity contribution in [1.82, 2.24) is 0 Å². The van der Waals surface area contributed by atoms with E-state index in [1.54, 1.807) is 0 Å². The molecule has 0 saturated carbocycles. The molecular weight excluding hydrogens is 156 g/mol. The van der Waals surface area contributed by atoms with Crippen molar-refractivity contribution in [2.45, 2.75) is 32.6 Å². The second-order valence-corrected chi connectivity index (χ2v) is 2.98. The van der Waals surface area contributed by atoms with Gasteiger partial charge in [-0.2, -0.15) is 0 Å². The molecule has 0 saturated heterocycles. The van der Waals surface area contributed by atoms with E-state index in [0.717, 1.165) is 19.1 Å². The summed E-state index contributed by atoms with van der Waals surface area (Å²) in [7, 11) is 1.39. The highest BCUT2D eigenvalue weighted by Gasteiger charge is 2.03. The molecule has 0 spiro atoms. The molecule has 0 aromatic heterocycles. The normalized spacial score (nSPS) is 12.2. The Balaban J connectivity index is 3.29. The van der Waals surface area contributed by atoms with E-state index in [0.29, 0.717) is 18.8 Å². The summed E-state index contributed by atoms with van der Waals surface area (Å²) in [5.74, 6) is 0.209. The number of methoxy groups -OCH3 is 1. The quantitative estimate of drug-likeness (QED) is 0.451. The Kier molecular flexibility index (Phi) is 6.34. The van der Waals surface area contributed by atoms with E-state index in [4.69, 9.17) is 0 Å². The Bertz CT molecular complexity index is 143. The number of esters is 1. The number of hydrogen-bond acceptors (Lipinski definition) is 3. The first-order valence-electron chi connectivity index (χ1n) is 4.21. The van der Waals surface area contributed by atoms with Crippen LogP contribution in [0.1, 0.15) is 32.6 Å². The van der Waals surface area contributed by atoms with Gasteiger partial charge in [-0.05, 0) is 18.8 Å². The van der Waals surface area contributed by atoms with Crippen LogP contribution < -0.4 is 0 Å². The third-order valence-corrected chi connectivity index (χ3v) is 1.80. The predicted octanol–water partition coefficient (Wildman–Crippen LogP) is 1.55. The average molecular weight is 172 g/mol. The van der Waals surface area contributed by atoms with Crippen molar-refractivity contribution < 1.29 is 14.3 Å². The first-order chi connectivity index (χ1) is 5.70. The van der Waals surface area contributed by atoms with Gasteiger partial charge in [-0.1, -0.05) is 6.92 Å². The van der Waals surface area contributed by atoms with Gasteiger partial charge in [0.15, 0.2) is 0 Å². The van der Waals surface area contributed by atoms with E-state index in [1.165, 1.54) is 7.11 Å². The number of aldehydes is 1. The molecule has 0 N–H and O–H groups in total. The van der Waals surface area contributed by atoms with Gasteiger partial charge < -0.3 is 9.53 Å². The summed E-state index contributed by atoms with van der Waals surface area (Å²) in [6.07, 6.45) is 3.68. The van der Waals surface area contributed by atoms with Crippen LogP contribution in [0.25, 0.3) is 0 Å². The van der Waals surface area contributed by atoms with Crippen molar-refractivity contribution in [1.29, 1.82) is 0 Å². The van der Waals surface area contributed by atoms with E-state index >= 15 is 0 Å². The molecule has 70 valence electrons. The predicted molar refractivity (Wildman–Crippen MR) is 45.7 cm³/mol. The second-order valence-electron chi connectivity index (χ2n) is 2.98. The molecule has 0 aliphatic carbocycles. The molecule has 1 atom stereocenters. The third kappa shape index (κ3) is 5.89. The number of carbonyl (C=O) groups excluding carboxylic acids is 2. The average Bonchev–Trinajstić information content (AvgIpc) is 2.04. The van der Waals surface area contributed by atoms with Crippen molar-refractivity contribution in [3.05, 3.63) is 0 Å². The molecule has 0 radical (unpaired) electrons. The van der Waals surface area contributed by atoms with E-state index in [2.05, 4.69) is 4.74 Å². The molecule has 0 rings (SSSR count). The molecule has 0 aromatic carbocycles. The smallest absolute Gasteiger partial charge is 0.305 e. The molecule has 0 heterocycles. The SMILES string of the molecule is COC(=O)CCC[C@@H](C)CC=O. The van der Waals surface area contributed by atoms with Gasteiger partial charge >= 0.3 is 5.97 Å². The Labute approximate surface area is 73.1 Å². The van der Waals surface area contributed by atoms with Crippen LogP contribution >= 0.6 is 0 Å². The van der Waals surface area contributed by atoms with Gasteiger partial charge in [-0.25, -0.2) is 0 Å². The lowest BCUT2D eigenvalue weighted by Crippen LogP contribution is -2.02. The lowest BCUT2D eigenvalue weighted by atomic mass is 10.0. The number of rotatable bonds is 6. The molecule has 0 fully saturated rings. The minimum atomic E-state index is -0.173. The minimum Gasteiger partial charge on any atom is -0.469 e. The Morgan fingerprint density at radius 1 is 1.58 bits per heavy atom. The van der Waals surface area contributed by atoms with E-state index in [-0.39, 0.29) is 5.97 Å². The summed E-state index contributed by atoms with van der Waals surface area (Å²) in [6, 6.07) is 0. The van der Waals surface area contributed by atoms with Crippen molar-refractivity contribution >= 4 is 12.3 Å². The van der Waals surface area contributed by atoms with Crippen molar-refractivity contribution in [3.63, 3.8) is 0 Å². The van der Waals surface area contributed by atoms with Crippen LogP contribution in [-0.2, 0) is 14.3 Å². The largest absolute Gasteiger partial charge is 0.469 e. The monoisotopic (exact) mass is 172 g/mol. The van der Waals surface area contributed by atoms with Crippen LogP contribution in [0.3, 0.4) is 0 Å². The van der Waals surface area contributed by atoms with Crippen LogP contribution in [0.4, 0.5) is 0 Å². The standard InChI is InChI=1S/C9H16O3/c1-8(6-7-10)4-3-5-9(11)12-2/h7-8H,3-6H2,1-2H3/t8-/m1/s1. The maximum atomic E-state index is 10.7. The van der Waals surface area contributed by atoms with Gasteiger partial charge in [0.25, 0.3) is 0 Å². The topological polar surface area (TPSA) is 43.4 Å². The van der Waals surface area contributed by atoms with Gasteiger partial charge in [0, 0.05) is 12.8 Å². The van der Waals surface area contributed by atoms with Crippen molar-refractivity contribution in [3.8, 4) is 0 Å². The zero-order valence-corrected chi connectivity index (χ0v) is 7.71. The fourth-order valence-electron chi connectivity index (χ4n) is 0.979. The lowest BCUT2D eigenvalue weighted by Gasteiger charge is -2.05. The highest BCUT2D eigenvalue weighted by molar-refractivity contribution is 5.68. The molecule has 0 unspecified atom stereocenters. The molecule has 12 heavy (non-hydrogen) atoms. The van der Waals surface area contributed by atoms with Crippen molar-refractivity contribution in [2.24, 2.45) is 5.92 Å². The minimum absolute atomic E-state index is 0.173. The fourth-order valence-corrected chi connectivity index (χ4v) is 0.979. The van der Waals surface area contributed by atoms with Crippen molar-refractivity contribution in [2.75, 3.05) is 7.11 Å². The summed E-state index contributed by atoms with van der Waals surface area (Å²) >= 11 is 0. The van der Waals surface area contributed by atoms with Crippen LogP contribution in [0, 0.1) is 5.92 Å². The zero-order valence-electron chi connectivity index (χ0n) is 7.71. The van der Waals surface area contributed by atoms with Gasteiger partial charge in [-0.15, -0.1) is 0 Å². The van der Waals surface area contributed by atoms with Gasteiger partial charge in [0.05, 0.1) is 7.11 Å². The molecule has 0 aliphatic rings. The molecule has 0 aromatic rings. The van der Waals surface area contributed by atoms with Gasteiger partial charge in [-0.3, -0.25) is 4.79 Å². The Morgan fingerprint density at radius 2 is 2.25 bits per heavy atom. The number of carbonyl (C=O) groups is 2. The molecular formula is C9H16O3. The highest BCUT2D eigenvalue weighted by atomic mass is 16.5. The zero-order chi connectivity index (χ0) is 9.40. The highest BCUT2D eigenvalue weighted by Crippen LogP contribution is 2.10. The van der Waals surface area contributed by atoms with Crippen LogP contribution in [0.2, 0.25) is 0 Å². The van der Waals surface area contributed by atoms with E-state index in [1.807, 2.05) is 6.92 Å². The third-order valence-electron chi connectivity index (χ3n) is 1.80. The van der Waals surface area contributed by atoms with Gasteiger partial charge in [0.2, 0.25) is 0 Å². The number of hydrogen-bond donors (Lipinski definition) is 0. The maximum Gasteiger partial charge on any atom is 0.305 e. The summed E-state index contributed by atoms with van der Waals surface area (Å²) in [4.78, 5) is 20.7. The van der Waals surface area contributed by atoms with Crippen LogP contribution in [0.15, 0.2) is 0 Å². The first-order valence-corrected chi connectivity index (χ1v) is 4.21. The van der Waals surface area contributed by atoms with E-state index < -0.39 is 0 Å². The molecule has 0 aliphatic heterocycles. The van der Waals surface area contributed by atoms with Gasteiger partial charge in [0.1, 0.15) is 6.29 Å². The number of ether oxygens (including phenoxy) is 1. The fraction of sp³-hybridized carbons (Fsp3) is 0.778. The summed E-state index contributed by atoms with van der Waals surface area (Å²) in [5, 5.41) is 0.